The van der Waals surface area contributed by atoms with E-state index in [1.54, 1.807) is 12.1 Å². The molecule has 3 N–H and O–H groups in total. The Morgan fingerprint density at radius 2 is 2.36 bits per heavy atom. The third-order valence-electron chi connectivity index (χ3n) is 2.30. The van der Waals surface area contributed by atoms with Gasteiger partial charge in [-0.2, -0.15) is 0 Å². The highest BCUT2D eigenvalue weighted by Crippen LogP contribution is 2.18. The molecule has 1 atom stereocenters. The molecule has 0 radical (unpaired) electrons. The average Bonchev–Trinajstić information content (AvgIpc) is 2.62. The maximum atomic E-state index is 13.3. The molecule has 0 aliphatic carbocycles. The number of nitrogens with zero attached hydrogens (tertiary/aromatic N) is 1. The molecule has 0 amide bonds. The zero-order chi connectivity index (χ0) is 10.1. The first kappa shape index (κ1) is 9.15. The maximum Gasteiger partial charge on any atom is 0.151 e. The molecule has 0 fully saturated rings. The number of para-hydroxylation sites is 1. The fourth-order valence-electron chi connectivity index (χ4n) is 1.36. The van der Waals surface area contributed by atoms with Crippen LogP contribution in [-0.4, -0.2) is 16.5 Å². The van der Waals surface area contributed by atoms with Crippen LogP contribution in [0.1, 0.15) is 18.7 Å². The molecule has 0 aliphatic rings. The van der Waals surface area contributed by atoms with Crippen molar-refractivity contribution in [2.24, 2.45) is 5.73 Å². The number of fused-ring (bicyclic) bond motifs is 1. The van der Waals surface area contributed by atoms with Gasteiger partial charge in [-0.1, -0.05) is 13.0 Å². The van der Waals surface area contributed by atoms with E-state index in [9.17, 15) is 4.39 Å². The van der Waals surface area contributed by atoms with Gasteiger partial charge in [-0.15, -0.1) is 0 Å². The van der Waals surface area contributed by atoms with Gasteiger partial charge in [0.05, 0.1) is 5.52 Å². The second-order valence-corrected chi connectivity index (χ2v) is 3.39. The number of nitrogens with two attached hydrogens (primary N) is 1. The molecule has 4 heteroatoms. The first-order valence-corrected chi connectivity index (χ1v) is 4.56. The summed E-state index contributed by atoms with van der Waals surface area (Å²) in [5, 5.41) is 0. The van der Waals surface area contributed by atoms with Crippen LogP contribution in [0.3, 0.4) is 0 Å². The Kier molecular flexibility index (Phi) is 2.21. The van der Waals surface area contributed by atoms with E-state index in [1.165, 1.54) is 6.07 Å². The Bertz CT molecular complexity index is 450. The van der Waals surface area contributed by atoms with Crippen LogP contribution in [0.15, 0.2) is 18.2 Å². The summed E-state index contributed by atoms with van der Waals surface area (Å²) < 4.78 is 13.3. The van der Waals surface area contributed by atoms with Crippen molar-refractivity contribution in [1.82, 2.24) is 9.97 Å². The summed E-state index contributed by atoms with van der Waals surface area (Å²) in [6.07, 6.45) is 0. The molecule has 2 aromatic rings. The number of aromatic amines is 1. The average molecular weight is 193 g/mol. The second-order valence-electron chi connectivity index (χ2n) is 3.39. The number of halogens is 1. The lowest BCUT2D eigenvalue weighted by molar-refractivity contribution is 0.636. The van der Waals surface area contributed by atoms with Gasteiger partial charge < -0.3 is 10.7 Å². The molecular formula is C10H12FN3. The summed E-state index contributed by atoms with van der Waals surface area (Å²) in [6.45, 7) is 2.46. The molecule has 2 rings (SSSR count). The van der Waals surface area contributed by atoms with Gasteiger partial charge in [0.2, 0.25) is 0 Å². The SMILES string of the molecule is CC(CN)c1nc2c(F)cccc2[nH]1. The van der Waals surface area contributed by atoms with Gasteiger partial charge in [-0.3, -0.25) is 0 Å². The normalized spacial score (nSPS) is 13.4. The van der Waals surface area contributed by atoms with Crippen LogP contribution < -0.4 is 5.73 Å². The molecule has 3 nitrogen and oxygen atoms in total. The number of H-pyrrole nitrogens is 1. The highest BCUT2D eigenvalue weighted by molar-refractivity contribution is 5.75. The molecule has 0 bridgehead atoms. The molecule has 0 aliphatic heterocycles. The Balaban J connectivity index is 2.56. The summed E-state index contributed by atoms with van der Waals surface area (Å²) in [5.41, 5.74) is 6.62. The molecule has 1 heterocycles. The van der Waals surface area contributed by atoms with Gasteiger partial charge in [0, 0.05) is 12.5 Å². The largest absolute Gasteiger partial charge is 0.342 e. The van der Waals surface area contributed by atoms with E-state index >= 15 is 0 Å². The van der Waals surface area contributed by atoms with E-state index in [-0.39, 0.29) is 11.7 Å². The van der Waals surface area contributed by atoms with E-state index < -0.39 is 0 Å². The van der Waals surface area contributed by atoms with Crippen LogP contribution in [0.25, 0.3) is 11.0 Å². The number of hydrogen-bond acceptors (Lipinski definition) is 2. The zero-order valence-corrected chi connectivity index (χ0v) is 7.92. The third kappa shape index (κ3) is 1.37. The van der Waals surface area contributed by atoms with Crippen LogP contribution in [0, 0.1) is 5.82 Å². The van der Waals surface area contributed by atoms with Crippen molar-refractivity contribution >= 4 is 11.0 Å². The molecule has 74 valence electrons. The number of rotatable bonds is 2. The van der Waals surface area contributed by atoms with Crippen LogP contribution >= 0.6 is 0 Å². The predicted molar refractivity (Wildman–Crippen MR) is 53.5 cm³/mol. The van der Waals surface area contributed by atoms with Gasteiger partial charge in [0.15, 0.2) is 5.82 Å². The van der Waals surface area contributed by atoms with Gasteiger partial charge in [-0.05, 0) is 12.1 Å². The van der Waals surface area contributed by atoms with E-state index in [2.05, 4.69) is 9.97 Å². The van der Waals surface area contributed by atoms with E-state index in [4.69, 9.17) is 5.73 Å². The Morgan fingerprint density at radius 1 is 1.57 bits per heavy atom. The minimum absolute atomic E-state index is 0.127. The van der Waals surface area contributed by atoms with Crippen molar-refractivity contribution in [1.29, 1.82) is 0 Å². The number of aromatic nitrogens is 2. The van der Waals surface area contributed by atoms with Crippen molar-refractivity contribution in [3.8, 4) is 0 Å². The summed E-state index contributed by atoms with van der Waals surface area (Å²) in [6, 6.07) is 4.87. The number of nitrogens with one attached hydrogen (secondary N) is 1. The summed E-state index contributed by atoms with van der Waals surface area (Å²) in [4.78, 5) is 7.23. The number of benzene rings is 1. The second kappa shape index (κ2) is 3.38. The van der Waals surface area contributed by atoms with Crippen LogP contribution in [-0.2, 0) is 0 Å². The summed E-state index contributed by atoms with van der Waals surface area (Å²) in [7, 11) is 0. The molecule has 0 saturated carbocycles. The fourth-order valence-corrected chi connectivity index (χ4v) is 1.36. The molecule has 1 unspecified atom stereocenters. The first-order chi connectivity index (χ1) is 6.72. The van der Waals surface area contributed by atoms with Gasteiger partial charge >= 0.3 is 0 Å². The van der Waals surface area contributed by atoms with Crippen LogP contribution in [0.5, 0.6) is 0 Å². The lowest BCUT2D eigenvalue weighted by atomic mass is 10.2. The minimum atomic E-state index is -0.297. The van der Waals surface area contributed by atoms with Crippen molar-refractivity contribution in [2.45, 2.75) is 12.8 Å². The van der Waals surface area contributed by atoms with E-state index in [0.717, 1.165) is 11.3 Å². The molecule has 0 saturated heterocycles. The van der Waals surface area contributed by atoms with Crippen molar-refractivity contribution in [3.05, 3.63) is 29.8 Å². The predicted octanol–water partition coefficient (Wildman–Crippen LogP) is 1.76. The number of imidazole rings is 1. The van der Waals surface area contributed by atoms with Crippen molar-refractivity contribution in [3.63, 3.8) is 0 Å². The quantitative estimate of drug-likeness (QED) is 0.763. The highest BCUT2D eigenvalue weighted by Gasteiger charge is 2.10. The van der Waals surface area contributed by atoms with E-state index in [1.807, 2.05) is 6.92 Å². The topological polar surface area (TPSA) is 54.7 Å². The fraction of sp³-hybridized carbons (Fsp3) is 0.300. The Hall–Kier alpha value is -1.42. The summed E-state index contributed by atoms with van der Waals surface area (Å²) in [5.74, 6) is 0.573. The number of hydrogen-bond donors (Lipinski definition) is 2. The molecule has 14 heavy (non-hydrogen) atoms. The van der Waals surface area contributed by atoms with Crippen molar-refractivity contribution < 1.29 is 4.39 Å². The van der Waals surface area contributed by atoms with Crippen molar-refractivity contribution in [2.75, 3.05) is 6.54 Å². The van der Waals surface area contributed by atoms with E-state index in [0.29, 0.717) is 12.1 Å². The lowest BCUT2D eigenvalue weighted by Gasteiger charge is -2.01. The molecular weight excluding hydrogens is 181 g/mol. The Labute approximate surface area is 81.1 Å². The first-order valence-electron chi connectivity index (χ1n) is 4.56. The third-order valence-corrected chi connectivity index (χ3v) is 2.30. The van der Waals surface area contributed by atoms with Gasteiger partial charge in [-0.25, -0.2) is 9.37 Å². The minimum Gasteiger partial charge on any atom is -0.342 e. The Morgan fingerprint density at radius 3 is 3.00 bits per heavy atom. The molecule has 0 spiro atoms. The van der Waals surface area contributed by atoms with Crippen LogP contribution in [0.2, 0.25) is 0 Å². The lowest BCUT2D eigenvalue weighted by Crippen LogP contribution is -2.10. The molecule has 1 aromatic heterocycles. The summed E-state index contributed by atoms with van der Waals surface area (Å²) >= 11 is 0. The van der Waals surface area contributed by atoms with Crippen LogP contribution in [0.4, 0.5) is 4.39 Å². The van der Waals surface area contributed by atoms with Gasteiger partial charge in [0.1, 0.15) is 11.3 Å². The highest BCUT2D eigenvalue weighted by atomic mass is 19.1. The molecule has 1 aromatic carbocycles. The standard InChI is InChI=1S/C10H12FN3/c1-6(5-12)10-13-8-4-2-3-7(11)9(8)14-10/h2-4,6H,5,12H2,1H3,(H,13,14). The smallest absolute Gasteiger partial charge is 0.151 e. The van der Waals surface area contributed by atoms with Gasteiger partial charge in [0.25, 0.3) is 0 Å². The zero-order valence-electron chi connectivity index (χ0n) is 7.92. The monoisotopic (exact) mass is 193 g/mol. The maximum absolute atomic E-state index is 13.3.